The highest BCUT2D eigenvalue weighted by atomic mass is 16.6. The van der Waals surface area contributed by atoms with Gasteiger partial charge in [-0.05, 0) is 52.4 Å². The van der Waals surface area contributed by atoms with Gasteiger partial charge in [0.1, 0.15) is 12.4 Å². The standard InChI is InChI=1S/C30H31NO5/c1-19-13-20(11-12-28(19)34-2)30(33)14-21-16-35-17-22(15-30)31(21)29(32)36-18-27-25-9-5-3-7-23(25)24-8-4-6-10-26(24)27/h3-13,21-22,27,33H,14-18H2,1-2H3. The van der Waals surface area contributed by atoms with Crippen molar-refractivity contribution in [2.45, 2.75) is 43.4 Å². The molecule has 0 spiro atoms. The molecule has 2 unspecified atom stereocenters. The number of hydrogen-bond donors (Lipinski definition) is 1. The van der Waals surface area contributed by atoms with Gasteiger partial charge in [0.05, 0.1) is 38.0 Å². The molecule has 6 rings (SSSR count). The summed E-state index contributed by atoms with van der Waals surface area (Å²) >= 11 is 0. The number of aryl methyl sites for hydroxylation is 1. The smallest absolute Gasteiger partial charge is 0.410 e. The van der Waals surface area contributed by atoms with Crippen LogP contribution in [0.2, 0.25) is 0 Å². The van der Waals surface area contributed by atoms with Crippen LogP contribution >= 0.6 is 0 Å². The van der Waals surface area contributed by atoms with Crippen LogP contribution in [-0.4, -0.2) is 55.1 Å². The zero-order chi connectivity index (χ0) is 24.9. The molecule has 2 bridgehead atoms. The Balaban J connectivity index is 1.20. The number of carbonyl (C=O) groups excluding carboxylic acids is 1. The predicted molar refractivity (Wildman–Crippen MR) is 136 cm³/mol. The lowest BCUT2D eigenvalue weighted by Crippen LogP contribution is -2.62. The van der Waals surface area contributed by atoms with E-state index in [2.05, 4.69) is 24.3 Å². The molecule has 36 heavy (non-hydrogen) atoms. The predicted octanol–water partition coefficient (Wildman–Crippen LogP) is 5.00. The summed E-state index contributed by atoms with van der Waals surface area (Å²) in [6, 6.07) is 22.0. The van der Waals surface area contributed by atoms with Crippen LogP contribution in [0.15, 0.2) is 66.7 Å². The van der Waals surface area contributed by atoms with Crippen molar-refractivity contribution in [2.24, 2.45) is 0 Å². The van der Waals surface area contributed by atoms with Crippen molar-refractivity contribution in [3.05, 3.63) is 89.0 Å². The number of fused-ring (bicyclic) bond motifs is 5. The molecule has 1 N–H and O–H groups in total. The molecule has 0 aromatic heterocycles. The second kappa shape index (κ2) is 8.95. The van der Waals surface area contributed by atoms with Crippen molar-refractivity contribution in [1.29, 1.82) is 0 Å². The highest BCUT2D eigenvalue weighted by Gasteiger charge is 2.49. The highest BCUT2D eigenvalue weighted by molar-refractivity contribution is 5.79. The number of carbonyl (C=O) groups is 1. The third kappa shape index (κ3) is 3.76. The monoisotopic (exact) mass is 485 g/mol. The van der Waals surface area contributed by atoms with Gasteiger partial charge in [-0.3, -0.25) is 4.90 Å². The first-order chi connectivity index (χ1) is 17.5. The molecular formula is C30H31NO5. The Labute approximate surface area is 211 Å². The summed E-state index contributed by atoms with van der Waals surface area (Å²) in [6.45, 7) is 3.03. The number of methoxy groups -OCH3 is 1. The SMILES string of the molecule is COc1ccc(C2(O)CC3COCC(C2)N3C(=O)OCC2c3ccccc3-c3ccccc32)cc1C. The van der Waals surface area contributed by atoms with E-state index in [4.69, 9.17) is 14.2 Å². The van der Waals surface area contributed by atoms with E-state index in [-0.39, 0.29) is 30.7 Å². The van der Waals surface area contributed by atoms with Gasteiger partial charge >= 0.3 is 6.09 Å². The maximum atomic E-state index is 13.4. The lowest BCUT2D eigenvalue weighted by molar-refractivity contribution is -0.136. The first-order valence-corrected chi connectivity index (χ1v) is 12.6. The van der Waals surface area contributed by atoms with E-state index in [9.17, 15) is 9.90 Å². The van der Waals surface area contributed by atoms with Gasteiger partial charge in [-0.25, -0.2) is 4.79 Å². The van der Waals surface area contributed by atoms with Crippen LogP contribution in [0, 0.1) is 6.92 Å². The zero-order valence-electron chi connectivity index (χ0n) is 20.6. The van der Waals surface area contributed by atoms with E-state index in [0.717, 1.165) is 16.9 Å². The van der Waals surface area contributed by atoms with Crippen molar-refractivity contribution < 1.29 is 24.1 Å². The van der Waals surface area contributed by atoms with Crippen molar-refractivity contribution in [1.82, 2.24) is 4.90 Å². The number of rotatable bonds is 4. The number of morpholine rings is 1. The fourth-order valence-corrected chi connectivity index (χ4v) is 6.35. The molecule has 3 aliphatic rings. The molecule has 186 valence electrons. The average Bonchev–Trinajstić information content (AvgIpc) is 3.20. The van der Waals surface area contributed by atoms with Crippen LogP contribution in [0.5, 0.6) is 5.75 Å². The van der Waals surface area contributed by atoms with Crippen LogP contribution in [-0.2, 0) is 15.1 Å². The van der Waals surface area contributed by atoms with E-state index in [0.29, 0.717) is 26.1 Å². The summed E-state index contributed by atoms with van der Waals surface area (Å²) < 4.78 is 17.2. The Hall–Kier alpha value is -3.35. The Morgan fingerprint density at radius 2 is 1.61 bits per heavy atom. The van der Waals surface area contributed by atoms with Crippen molar-refractivity contribution in [2.75, 3.05) is 26.9 Å². The van der Waals surface area contributed by atoms with E-state index >= 15 is 0 Å². The van der Waals surface area contributed by atoms with E-state index in [1.165, 1.54) is 22.3 Å². The minimum Gasteiger partial charge on any atom is -0.496 e. The van der Waals surface area contributed by atoms with Gasteiger partial charge in [-0.2, -0.15) is 0 Å². The molecule has 2 heterocycles. The summed E-state index contributed by atoms with van der Waals surface area (Å²) in [4.78, 5) is 15.2. The largest absolute Gasteiger partial charge is 0.496 e. The number of aliphatic hydroxyl groups is 1. The minimum atomic E-state index is -1.03. The fraction of sp³-hybridized carbons (Fsp3) is 0.367. The molecule has 0 radical (unpaired) electrons. The highest BCUT2D eigenvalue weighted by Crippen LogP contribution is 2.45. The molecule has 2 fully saturated rings. The van der Waals surface area contributed by atoms with Crippen LogP contribution < -0.4 is 4.74 Å². The average molecular weight is 486 g/mol. The molecule has 0 saturated carbocycles. The van der Waals surface area contributed by atoms with Gasteiger partial charge in [0.15, 0.2) is 0 Å². The molecule has 1 aliphatic carbocycles. The van der Waals surface area contributed by atoms with Crippen molar-refractivity contribution in [3.63, 3.8) is 0 Å². The Bertz CT molecular complexity index is 1240. The molecule has 6 heteroatoms. The number of hydrogen-bond acceptors (Lipinski definition) is 5. The van der Waals surface area contributed by atoms with Gasteiger partial charge in [0.2, 0.25) is 0 Å². The molecule has 1 amide bonds. The van der Waals surface area contributed by atoms with Gasteiger partial charge < -0.3 is 19.3 Å². The topological polar surface area (TPSA) is 68.2 Å². The van der Waals surface area contributed by atoms with Crippen LogP contribution in [0.1, 0.15) is 41.0 Å². The molecule has 3 aromatic rings. The zero-order valence-corrected chi connectivity index (χ0v) is 20.6. The third-order valence-electron chi connectivity index (χ3n) is 8.03. The quantitative estimate of drug-likeness (QED) is 0.563. The molecule has 6 nitrogen and oxygen atoms in total. The number of ether oxygens (including phenoxy) is 3. The summed E-state index contributed by atoms with van der Waals surface area (Å²) in [7, 11) is 1.64. The second-order valence-electron chi connectivity index (χ2n) is 10.2. The summed E-state index contributed by atoms with van der Waals surface area (Å²) in [5, 5.41) is 11.7. The van der Waals surface area contributed by atoms with Crippen LogP contribution in [0.3, 0.4) is 0 Å². The number of nitrogens with zero attached hydrogens (tertiary/aromatic N) is 1. The van der Waals surface area contributed by atoms with Gasteiger partial charge in [-0.1, -0.05) is 54.6 Å². The molecular weight excluding hydrogens is 454 g/mol. The fourth-order valence-electron chi connectivity index (χ4n) is 6.35. The Kier molecular flexibility index (Phi) is 5.73. The Morgan fingerprint density at radius 1 is 1.00 bits per heavy atom. The molecule has 2 saturated heterocycles. The molecule has 2 aliphatic heterocycles. The maximum Gasteiger partial charge on any atom is 0.410 e. The Morgan fingerprint density at radius 3 is 2.19 bits per heavy atom. The third-order valence-corrected chi connectivity index (χ3v) is 8.03. The number of piperidine rings is 1. The summed E-state index contributed by atoms with van der Waals surface area (Å²) in [6.07, 6.45) is 0.474. The van der Waals surface area contributed by atoms with Gasteiger partial charge in [0.25, 0.3) is 0 Å². The maximum absolute atomic E-state index is 13.4. The van der Waals surface area contributed by atoms with E-state index < -0.39 is 5.60 Å². The first kappa shape index (κ1) is 23.1. The molecule has 2 atom stereocenters. The number of amides is 1. The second-order valence-corrected chi connectivity index (χ2v) is 10.2. The normalized spacial score (nSPS) is 24.7. The molecule has 3 aromatic carbocycles. The van der Waals surface area contributed by atoms with Crippen LogP contribution in [0.4, 0.5) is 4.79 Å². The number of benzene rings is 3. The van der Waals surface area contributed by atoms with Crippen molar-refractivity contribution in [3.8, 4) is 16.9 Å². The summed E-state index contributed by atoms with van der Waals surface area (Å²) in [5.41, 5.74) is 5.59. The van der Waals surface area contributed by atoms with E-state index in [1.807, 2.05) is 49.4 Å². The summed E-state index contributed by atoms with van der Waals surface area (Å²) in [5.74, 6) is 0.809. The lowest BCUT2D eigenvalue weighted by Gasteiger charge is -2.51. The van der Waals surface area contributed by atoms with Crippen molar-refractivity contribution >= 4 is 6.09 Å². The van der Waals surface area contributed by atoms with E-state index in [1.54, 1.807) is 12.0 Å². The minimum absolute atomic E-state index is 0.0152. The van der Waals surface area contributed by atoms with Gasteiger partial charge in [-0.15, -0.1) is 0 Å². The first-order valence-electron chi connectivity index (χ1n) is 12.6. The van der Waals surface area contributed by atoms with Gasteiger partial charge in [0, 0.05) is 18.8 Å². The lowest BCUT2D eigenvalue weighted by atomic mass is 9.76. The van der Waals surface area contributed by atoms with Crippen LogP contribution in [0.25, 0.3) is 11.1 Å².